The van der Waals surface area contributed by atoms with Gasteiger partial charge in [-0.1, -0.05) is 37.3 Å². The van der Waals surface area contributed by atoms with Crippen LogP contribution in [0.15, 0.2) is 30.3 Å². The lowest BCUT2D eigenvalue weighted by molar-refractivity contribution is -0.141. The van der Waals surface area contributed by atoms with E-state index in [-0.39, 0.29) is 18.0 Å². The maximum Gasteiger partial charge on any atom is 0.317 e. The SMILES string of the molecule is CCN(CC(=O)O)C1CCN(C(=O)C2(Cc3ccccc3)CC2)CC1. The number of benzene rings is 1. The van der Waals surface area contributed by atoms with Crippen LogP contribution in [0.2, 0.25) is 0 Å². The van der Waals surface area contributed by atoms with Gasteiger partial charge in [-0.3, -0.25) is 14.5 Å². The van der Waals surface area contributed by atoms with Crippen molar-refractivity contribution in [2.45, 2.75) is 45.1 Å². The molecule has 0 bridgehead atoms. The van der Waals surface area contributed by atoms with Gasteiger partial charge in [0.2, 0.25) is 5.91 Å². The Balaban J connectivity index is 1.55. The lowest BCUT2D eigenvalue weighted by Gasteiger charge is -2.38. The predicted octanol–water partition coefficient (Wildman–Crippen LogP) is 2.41. The lowest BCUT2D eigenvalue weighted by Crippen LogP contribution is -2.49. The van der Waals surface area contributed by atoms with Crippen LogP contribution >= 0.6 is 0 Å². The molecule has 1 aliphatic carbocycles. The molecule has 0 unspecified atom stereocenters. The highest BCUT2D eigenvalue weighted by Crippen LogP contribution is 2.50. The van der Waals surface area contributed by atoms with E-state index in [0.717, 1.165) is 51.7 Å². The number of hydrogen-bond donors (Lipinski definition) is 1. The van der Waals surface area contributed by atoms with Crippen LogP contribution in [0.3, 0.4) is 0 Å². The Morgan fingerprint density at radius 3 is 2.36 bits per heavy atom. The number of amides is 1. The van der Waals surface area contributed by atoms with Crippen molar-refractivity contribution in [3.63, 3.8) is 0 Å². The lowest BCUT2D eigenvalue weighted by atomic mass is 9.93. The molecule has 2 aliphatic rings. The number of likely N-dealkylation sites (tertiary alicyclic amines) is 1. The highest BCUT2D eigenvalue weighted by Gasteiger charge is 2.51. The molecule has 1 saturated heterocycles. The fourth-order valence-electron chi connectivity index (χ4n) is 4.05. The molecule has 1 saturated carbocycles. The van der Waals surface area contributed by atoms with E-state index < -0.39 is 5.97 Å². The van der Waals surface area contributed by atoms with Crippen molar-refractivity contribution in [3.8, 4) is 0 Å². The van der Waals surface area contributed by atoms with E-state index in [1.54, 1.807) is 0 Å². The summed E-state index contributed by atoms with van der Waals surface area (Å²) >= 11 is 0. The zero-order chi connectivity index (χ0) is 17.9. The van der Waals surface area contributed by atoms with E-state index in [2.05, 4.69) is 12.1 Å². The highest BCUT2D eigenvalue weighted by atomic mass is 16.4. The fourth-order valence-corrected chi connectivity index (χ4v) is 4.05. The largest absolute Gasteiger partial charge is 0.480 e. The van der Waals surface area contributed by atoms with E-state index in [9.17, 15) is 9.59 Å². The summed E-state index contributed by atoms with van der Waals surface area (Å²) < 4.78 is 0. The highest BCUT2D eigenvalue weighted by molar-refractivity contribution is 5.85. The van der Waals surface area contributed by atoms with Crippen molar-refractivity contribution in [2.75, 3.05) is 26.2 Å². The van der Waals surface area contributed by atoms with E-state index >= 15 is 0 Å². The Labute approximate surface area is 149 Å². The van der Waals surface area contributed by atoms with Crippen molar-refractivity contribution in [1.29, 1.82) is 0 Å². The summed E-state index contributed by atoms with van der Waals surface area (Å²) in [6, 6.07) is 10.5. The minimum absolute atomic E-state index is 0.0903. The first-order chi connectivity index (χ1) is 12.0. The second kappa shape index (κ2) is 7.56. The molecule has 5 nitrogen and oxygen atoms in total. The predicted molar refractivity (Wildman–Crippen MR) is 96.3 cm³/mol. The number of piperidine rings is 1. The molecule has 0 spiro atoms. The van der Waals surface area contributed by atoms with Gasteiger partial charge in [-0.05, 0) is 44.2 Å². The van der Waals surface area contributed by atoms with Gasteiger partial charge in [-0.25, -0.2) is 0 Å². The molecule has 1 aromatic carbocycles. The molecule has 136 valence electrons. The first-order valence-electron chi connectivity index (χ1n) is 9.33. The third-order valence-electron chi connectivity index (χ3n) is 5.71. The Morgan fingerprint density at radius 2 is 1.84 bits per heavy atom. The first-order valence-corrected chi connectivity index (χ1v) is 9.33. The third kappa shape index (κ3) is 4.21. The minimum atomic E-state index is -0.778. The van der Waals surface area contributed by atoms with E-state index in [4.69, 9.17) is 5.11 Å². The van der Waals surface area contributed by atoms with Crippen LogP contribution in [0, 0.1) is 5.41 Å². The average molecular weight is 344 g/mol. The molecule has 25 heavy (non-hydrogen) atoms. The number of likely N-dealkylation sites (N-methyl/N-ethyl adjacent to an activating group) is 1. The topological polar surface area (TPSA) is 60.9 Å². The molecule has 3 rings (SSSR count). The Hall–Kier alpha value is -1.88. The van der Waals surface area contributed by atoms with Gasteiger partial charge < -0.3 is 10.0 Å². The molecule has 1 aromatic rings. The Kier molecular flexibility index (Phi) is 5.42. The van der Waals surface area contributed by atoms with Gasteiger partial charge in [-0.2, -0.15) is 0 Å². The summed E-state index contributed by atoms with van der Waals surface area (Å²) in [4.78, 5) is 28.0. The molecule has 0 aromatic heterocycles. The van der Waals surface area contributed by atoms with Gasteiger partial charge in [0.1, 0.15) is 0 Å². The quantitative estimate of drug-likeness (QED) is 0.825. The van der Waals surface area contributed by atoms with Crippen LogP contribution in [0.4, 0.5) is 0 Å². The molecule has 0 radical (unpaired) electrons. The molecule has 1 heterocycles. The second-order valence-corrected chi connectivity index (χ2v) is 7.42. The van der Waals surface area contributed by atoms with Crippen LogP contribution in [0.1, 0.15) is 38.2 Å². The van der Waals surface area contributed by atoms with Crippen LogP contribution in [-0.4, -0.2) is 59.0 Å². The molecule has 1 aliphatic heterocycles. The van der Waals surface area contributed by atoms with Gasteiger partial charge in [0.25, 0.3) is 0 Å². The standard InChI is InChI=1S/C20H28N2O3/c1-2-21(15-18(23)24)17-8-12-22(13-9-17)19(25)20(10-11-20)14-16-6-4-3-5-7-16/h3-7,17H,2,8-15H2,1H3,(H,23,24). The molecule has 5 heteroatoms. The summed E-state index contributed by atoms with van der Waals surface area (Å²) in [6.45, 7) is 4.32. The van der Waals surface area contributed by atoms with E-state index in [0.29, 0.717) is 5.91 Å². The summed E-state index contributed by atoms with van der Waals surface area (Å²) in [6.07, 6.45) is 4.55. The molecule has 1 amide bonds. The van der Waals surface area contributed by atoms with E-state index in [1.807, 2.05) is 34.9 Å². The number of aliphatic carboxylic acids is 1. The number of carbonyl (C=O) groups is 2. The molecule has 0 atom stereocenters. The van der Waals surface area contributed by atoms with Gasteiger partial charge in [-0.15, -0.1) is 0 Å². The smallest absolute Gasteiger partial charge is 0.317 e. The van der Waals surface area contributed by atoms with Crippen LogP contribution < -0.4 is 0 Å². The fraction of sp³-hybridized carbons (Fsp3) is 0.600. The zero-order valence-electron chi connectivity index (χ0n) is 15.0. The molecular weight excluding hydrogens is 316 g/mol. The number of carboxylic acids is 1. The molecule has 1 N–H and O–H groups in total. The number of nitrogens with zero attached hydrogens (tertiary/aromatic N) is 2. The summed E-state index contributed by atoms with van der Waals surface area (Å²) in [7, 11) is 0. The second-order valence-electron chi connectivity index (χ2n) is 7.42. The maximum atomic E-state index is 13.0. The maximum absolute atomic E-state index is 13.0. The van der Waals surface area contributed by atoms with Gasteiger partial charge in [0, 0.05) is 19.1 Å². The van der Waals surface area contributed by atoms with Crippen molar-refractivity contribution < 1.29 is 14.7 Å². The van der Waals surface area contributed by atoms with Crippen LogP contribution in [0.25, 0.3) is 0 Å². The minimum Gasteiger partial charge on any atom is -0.480 e. The number of rotatable bonds is 7. The summed E-state index contributed by atoms with van der Waals surface area (Å²) in [5.41, 5.74) is 1.06. The van der Waals surface area contributed by atoms with Crippen molar-refractivity contribution >= 4 is 11.9 Å². The van der Waals surface area contributed by atoms with E-state index in [1.165, 1.54) is 5.56 Å². The normalized spacial score (nSPS) is 19.8. The number of carboxylic acid groups (broad SMARTS) is 1. The molecular formula is C20H28N2O3. The van der Waals surface area contributed by atoms with Crippen molar-refractivity contribution in [2.24, 2.45) is 5.41 Å². The third-order valence-corrected chi connectivity index (χ3v) is 5.71. The summed E-state index contributed by atoms with van der Waals surface area (Å²) in [5.74, 6) is -0.476. The van der Waals surface area contributed by atoms with Gasteiger partial charge >= 0.3 is 5.97 Å². The average Bonchev–Trinajstić information content (AvgIpc) is 3.40. The zero-order valence-corrected chi connectivity index (χ0v) is 15.0. The van der Waals surface area contributed by atoms with Gasteiger partial charge in [0.15, 0.2) is 0 Å². The summed E-state index contributed by atoms with van der Waals surface area (Å²) in [5, 5.41) is 9.03. The first kappa shape index (κ1) is 17.9. The molecule has 2 fully saturated rings. The van der Waals surface area contributed by atoms with Gasteiger partial charge in [0.05, 0.1) is 12.0 Å². The number of hydrogen-bond acceptors (Lipinski definition) is 3. The Morgan fingerprint density at radius 1 is 1.20 bits per heavy atom. The van der Waals surface area contributed by atoms with Crippen LogP contribution in [0.5, 0.6) is 0 Å². The number of carbonyl (C=O) groups excluding carboxylic acids is 1. The van der Waals surface area contributed by atoms with Crippen LogP contribution in [-0.2, 0) is 16.0 Å². The van der Waals surface area contributed by atoms with Crippen molar-refractivity contribution in [3.05, 3.63) is 35.9 Å². The monoisotopic (exact) mass is 344 g/mol. The Bertz CT molecular complexity index is 605. The van der Waals surface area contributed by atoms with Crippen molar-refractivity contribution in [1.82, 2.24) is 9.80 Å².